The van der Waals surface area contributed by atoms with Crippen LogP contribution in [0.1, 0.15) is 52.6 Å². The standard InChI is InChI=1S/C35H25BrN2O4/c1-22-8-5-6-13-30(22)37(33(40)25-16-14-24(15-17-25)32(39)23-9-3-2-4-10-23)20-21-38-34(41)27-12-7-11-26-29(36)19-18-28(31(26)27)35(38)42/h2-19H,20-21H2,1H3. The van der Waals surface area contributed by atoms with Crippen LogP contribution in [0.3, 0.4) is 0 Å². The number of carbonyl (C=O) groups is 4. The van der Waals surface area contributed by atoms with Crippen LogP contribution in [0.5, 0.6) is 0 Å². The van der Waals surface area contributed by atoms with Crippen molar-refractivity contribution in [2.45, 2.75) is 6.92 Å². The molecule has 6 rings (SSSR count). The molecule has 0 N–H and O–H groups in total. The Kier molecular flexibility index (Phi) is 7.27. The average molecular weight is 617 g/mol. The van der Waals surface area contributed by atoms with E-state index in [4.69, 9.17) is 0 Å². The van der Waals surface area contributed by atoms with Gasteiger partial charge in [-0.1, -0.05) is 88.7 Å². The van der Waals surface area contributed by atoms with E-state index in [0.717, 1.165) is 15.4 Å². The van der Waals surface area contributed by atoms with Crippen LogP contribution in [-0.4, -0.2) is 41.5 Å². The molecule has 1 aliphatic heterocycles. The third-order valence-corrected chi connectivity index (χ3v) is 8.26. The fourth-order valence-electron chi connectivity index (χ4n) is 5.39. The second kappa shape index (κ2) is 11.2. The van der Waals surface area contributed by atoms with Crippen LogP contribution < -0.4 is 4.90 Å². The Balaban J connectivity index is 1.29. The Morgan fingerprint density at radius 1 is 0.690 bits per heavy atom. The van der Waals surface area contributed by atoms with E-state index in [1.54, 1.807) is 71.6 Å². The molecule has 1 aliphatic rings. The van der Waals surface area contributed by atoms with Crippen molar-refractivity contribution >= 4 is 55.9 Å². The lowest BCUT2D eigenvalue weighted by Crippen LogP contribution is -2.46. The highest BCUT2D eigenvalue weighted by Crippen LogP contribution is 2.34. The van der Waals surface area contributed by atoms with E-state index in [1.807, 2.05) is 49.4 Å². The van der Waals surface area contributed by atoms with Gasteiger partial charge in [-0.3, -0.25) is 24.1 Å². The summed E-state index contributed by atoms with van der Waals surface area (Å²) in [6, 6.07) is 31.9. The van der Waals surface area contributed by atoms with Crippen LogP contribution in [0.2, 0.25) is 0 Å². The number of aryl methyl sites for hydroxylation is 1. The van der Waals surface area contributed by atoms with Crippen LogP contribution in [0.15, 0.2) is 114 Å². The first-order valence-electron chi connectivity index (χ1n) is 13.5. The van der Waals surface area contributed by atoms with Crippen molar-refractivity contribution in [3.05, 3.63) is 147 Å². The van der Waals surface area contributed by atoms with Gasteiger partial charge in [-0.05, 0) is 54.3 Å². The summed E-state index contributed by atoms with van der Waals surface area (Å²) in [5.41, 5.74) is 3.89. The van der Waals surface area contributed by atoms with Gasteiger partial charge in [0.15, 0.2) is 5.78 Å². The number of imide groups is 1. The van der Waals surface area contributed by atoms with E-state index in [1.165, 1.54) is 4.90 Å². The molecule has 7 heteroatoms. The van der Waals surface area contributed by atoms with Gasteiger partial charge >= 0.3 is 0 Å². The lowest BCUT2D eigenvalue weighted by molar-refractivity contribution is 0.0611. The summed E-state index contributed by atoms with van der Waals surface area (Å²) in [6.07, 6.45) is 0. The highest BCUT2D eigenvalue weighted by atomic mass is 79.9. The number of anilines is 1. The molecular weight excluding hydrogens is 592 g/mol. The second-order valence-corrected chi connectivity index (χ2v) is 11.0. The molecule has 3 amide bonds. The molecule has 0 bridgehead atoms. The summed E-state index contributed by atoms with van der Waals surface area (Å²) in [5, 5.41) is 1.44. The lowest BCUT2D eigenvalue weighted by Gasteiger charge is -2.31. The van der Waals surface area contributed by atoms with Crippen LogP contribution in [-0.2, 0) is 0 Å². The highest BCUT2D eigenvalue weighted by molar-refractivity contribution is 9.10. The van der Waals surface area contributed by atoms with Crippen molar-refractivity contribution in [3.8, 4) is 0 Å². The lowest BCUT2D eigenvalue weighted by atomic mass is 9.94. The summed E-state index contributed by atoms with van der Waals surface area (Å²) in [5.74, 6) is -1.21. The summed E-state index contributed by atoms with van der Waals surface area (Å²) >= 11 is 3.52. The number of ketones is 1. The molecule has 0 spiro atoms. The molecule has 0 radical (unpaired) electrons. The zero-order valence-electron chi connectivity index (χ0n) is 22.7. The van der Waals surface area contributed by atoms with E-state index in [9.17, 15) is 19.2 Å². The minimum atomic E-state index is -0.392. The van der Waals surface area contributed by atoms with Gasteiger partial charge in [-0.25, -0.2) is 0 Å². The first-order chi connectivity index (χ1) is 20.3. The third-order valence-electron chi connectivity index (χ3n) is 7.57. The number of nitrogens with zero attached hydrogens (tertiary/aromatic N) is 2. The predicted octanol–water partition coefficient (Wildman–Crippen LogP) is 7.08. The molecule has 42 heavy (non-hydrogen) atoms. The van der Waals surface area contributed by atoms with Crippen molar-refractivity contribution in [1.82, 2.24) is 4.90 Å². The van der Waals surface area contributed by atoms with Gasteiger partial charge in [0.05, 0.1) is 0 Å². The van der Waals surface area contributed by atoms with Gasteiger partial charge in [0.25, 0.3) is 17.7 Å². The maximum absolute atomic E-state index is 13.9. The molecule has 0 saturated carbocycles. The quantitative estimate of drug-likeness (QED) is 0.145. The number of halogens is 1. The van der Waals surface area contributed by atoms with Gasteiger partial charge in [0, 0.05) is 56.5 Å². The molecular formula is C35H25BrN2O4. The Bertz CT molecular complexity index is 1860. The van der Waals surface area contributed by atoms with Crippen molar-refractivity contribution in [3.63, 3.8) is 0 Å². The number of carbonyl (C=O) groups excluding carboxylic acids is 4. The predicted molar refractivity (Wildman–Crippen MR) is 166 cm³/mol. The fourth-order valence-corrected chi connectivity index (χ4v) is 5.85. The van der Waals surface area contributed by atoms with Gasteiger partial charge < -0.3 is 4.90 Å². The van der Waals surface area contributed by atoms with Gasteiger partial charge in [0.2, 0.25) is 0 Å². The maximum Gasteiger partial charge on any atom is 0.261 e. The number of para-hydroxylation sites is 1. The van der Waals surface area contributed by atoms with Crippen LogP contribution in [0, 0.1) is 6.92 Å². The zero-order chi connectivity index (χ0) is 29.4. The van der Waals surface area contributed by atoms with Crippen molar-refractivity contribution < 1.29 is 19.2 Å². The molecule has 0 fully saturated rings. The molecule has 0 atom stereocenters. The number of hydrogen-bond donors (Lipinski definition) is 0. The molecule has 0 saturated heterocycles. The first kappa shape index (κ1) is 27.3. The van der Waals surface area contributed by atoms with Crippen molar-refractivity contribution in [2.24, 2.45) is 0 Å². The van der Waals surface area contributed by atoms with Gasteiger partial charge in [0.1, 0.15) is 0 Å². The Morgan fingerprint density at radius 3 is 2.02 bits per heavy atom. The Labute approximate surface area is 251 Å². The molecule has 6 nitrogen and oxygen atoms in total. The van der Waals surface area contributed by atoms with Crippen molar-refractivity contribution in [2.75, 3.05) is 18.0 Å². The van der Waals surface area contributed by atoms with Crippen LogP contribution in [0.25, 0.3) is 10.8 Å². The topological polar surface area (TPSA) is 74.8 Å². The SMILES string of the molecule is Cc1ccccc1N(CCN1C(=O)c2cccc3c(Br)ccc(c23)C1=O)C(=O)c1ccc(C(=O)c2ccccc2)cc1. The van der Waals surface area contributed by atoms with E-state index >= 15 is 0 Å². The molecule has 0 aromatic heterocycles. The maximum atomic E-state index is 13.9. The Morgan fingerprint density at radius 2 is 1.31 bits per heavy atom. The second-order valence-electron chi connectivity index (χ2n) is 10.1. The monoisotopic (exact) mass is 616 g/mol. The summed E-state index contributed by atoms with van der Waals surface area (Å²) in [6.45, 7) is 2.01. The normalized spacial score (nSPS) is 12.5. The molecule has 0 aliphatic carbocycles. The number of hydrogen-bond acceptors (Lipinski definition) is 4. The van der Waals surface area contributed by atoms with Gasteiger partial charge in [-0.2, -0.15) is 0 Å². The smallest absolute Gasteiger partial charge is 0.261 e. The van der Waals surface area contributed by atoms with E-state index in [2.05, 4.69) is 15.9 Å². The third kappa shape index (κ3) is 4.82. The average Bonchev–Trinajstić information content (AvgIpc) is 3.02. The number of benzene rings is 5. The summed E-state index contributed by atoms with van der Waals surface area (Å²) < 4.78 is 0.810. The molecule has 0 unspecified atom stereocenters. The molecule has 5 aromatic carbocycles. The number of rotatable bonds is 7. The van der Waals surface area contributed by atoms with Gasteiger partial charge in [-0.15, -0.1) is 0 Å². The van der Waals surface area contributed by atoms with Crippen LogP contribution in [0.4, 0.5) is 5.69 Å². The zero-order valence-corrected chi connectivity index (χ0v) is 24.3. The molecule has 5 aromatic rings. The highest BCUT2D eigenvalue weighted by Gasteiger charge is 2.34. The van der Waals surface area contributed by atoms with E-state index < -0.39 is 11.8 Å². The van der Waals surface area contributed by atoms with E-state index in [-0.39, 0.29) is 24.8 Å². The van der Waals surface area contributed by atoms with Crippen molar-refractivity contribution in [1.29, 1.82) is 0 Å². The number of amides is 3. The first-order valence-corrected chi connectivity index (χ1v) is 14.3. The largest absolute Gasteiger partial charge is 0.306 e. The molecule has 1 heterocycles. The molecule has 206 valence electrons. The summed E-state index contributed by atoms with van der Waals surface area (Å²) in [4.78, 5) is 56.7. The Hall–Kier alpha value is -4.88. The summed E-state index contributed by atoms with van der Waals surface area (Å²) in [7, 11) is 0. The van der Waals surface area contributed by atoms with Crippen LogP contribution >= 0.6 is 15.9 Å². The minimum absolute atomic E-state index is 0.00814. The fraction of sp³-hybridized carbons (Fsp3) is 0.0857. The minimum Gasteiger partial charge on any atom is -0.306 e. The van der Waals surface area contributed by atoms with E-state index in [0.29, 0.717) is 38.9 Å².